The third-order valence-corrected chi connectivity index (χ3v) is 5.61. The quantitative estimate of drug-likeness (QED) is 0.279. The van der Waals surface area contributed by atoms with Crippen LogP contribution in [0.3, 0.4) is 0 Å². The number of carbonyl (C=O) groups is 1. The summed E-state index contributed by atoms with van der Waals surface area (Å²) >= 11 is 6.19. The zero-order chi connectivity index (χ0) is 23.5. The molecule has 1 N–H and O–H groups in total. The van der Waals surface area contributed by atoms with E-state index in [-0.39, 0.29) is 5.95 Å². The molecule has 2 aromatic carbocycles. The van der Waals surface area contributed by atoms with E-state index in [1.807, 2.05) is 36.4 Å². The molecular formula is C25H22ClFN3O3+. The second kappa shape index (κ2) is 9.42. The van der Waals surface area contributed by atoms with Crippen LogP contribution in [0.4, 0.5) is 14.9 Å². The lowest BCUT2D eigenvalue weighted by Gasteiger charge is -2.15. The first kappa shape index (κ1) is 22.5. The number of nitrogens with zero attached hydrogens (tertiary/aromatic N) is 2. The van der Waals surface area contributed by atoms with Crippen molar-refractivity contribution in [3.8, 4) is 22.5 Å². The molecule has 2 aromatic heterocycles. The van der Waals surface area contributed by atoms with Crippen LogP contribution in [0.5, 0.6) is 0 Å². The van der Waals surface area contributed by atoms with Crippen molar-refractivity contribution in [3.63, 3.8) is 0 Å². The van der Waals surface area contributed by atoms with Gasteiger partial charge in [0.2, 0.25) is 0 Å². The minimum absolute atomic E-state index is 0.320. The van der Waals surface area contributed by atoms with E-state index in [1.165, 1.54) is 10.6 Å². The number of ether oxygens (including phenoxy) is 1. The highest BCUT2D eigenvalue weighted by Crippen LogP contribution is 2.33. The first-order chi connectivity index (χ1) is 15.8. The molecule has 0 saturated heterocycles. The molecule has 6 nitrogen and oxygen atoms in total. The number of halogens is 2. The molecule has 33 heavy (non-hydrogen) atoms. The van der Waals surface area contributed by atoms with Crippen molar-refractivity contribution in [2.24, 2.45) is 7.05 Å². The zero-order valence-corrected chi connectivity index (χ0v) is 19.1. The molecule has 0 aliphatic carbocycles. The molecule has 0 aliphatic rings. The molecule has 0 bridgehead atoms. The first-order valence-electron chi connectivity index (χ1n) is 10.3. The second-order valence-corrected chi connectivity index (χ2v) is 8.00. The van der Waals surface area contributed by atoms with Gasteiger partial charge < -0.3 is 9.26 Å². The van der Waals surface area contributed by atoms with Crippen LogP contribution >= 0.6 is 11.6 Å². The Balaban J connectivity index is 1.52. The van der Waals surface area contributed by atoms with E-state index >= 15 is 0 Å². The van der Waals surface area contributed by atoms with Gasteiger partial charge in [-0.1, -0.05) is 59.2 Å². The monoisotopic (exact) mass is 466 g/mol. The lowest BCUT2D eigenvalue weighted by atomic mass is 10.0. The van der Waals surface area contributed by atoms with E-state index in [0.29, 0.717) is 27.7 Å². The predicted molar refractivity (Wildman–Crippen MR) is 123 cm³/mol. The third-order valence-electron chi connectivity index (χ3n) is 5.27. The fourth-order valence-electron chi connectivity index (χ4n) is 3.45. The molecular weight excluding hydrogens is 445 g/mol. The maximum atomic E-state index is 13.5. The van der Waals surface area contributed by atoms with E-state index in [9.17, 15) is 9.18 Å². The Morgan fingerprint density at radius 1 is 1.09 bits per heavy atom. The summed E-state index contributed by atoms with van der Waals surface area (Å²) < 4.78 is 25.9. The number of nitrogens with one attached hydrogen (secondary N) is 1. The van der Waals surface area contributed by atoms with E-state index in [2.05, 4.69) is 10.5 Å². The minimum atomic E-state index is -0.648. The van der Waals surface area contributed by atoms with E-state index in [1.54, 1.807) is 45.3 Å². The average molecular weight is 467 g/mol. The second-order valence-electron chi connectivity index (χ2n) is 7.59. The largest absolute Gasteiger partial charge is 0.441 e. The highest BCUT2D eigenvalue weighted by Gasteiger charge is 2.21. The van der Waals surface area contributed by atoms with Gasteiger partial charge in [0.25, 0.3) is 0 Å². The highest BCUT2D eigenvalue weighted by atomic mass is 35.5. The van der Waals surface area contributed by atoms with Crippen LogP contribution < -0.4 is 9.88 Å². The summed E-state index contributed by atoms with van der Waals surface area (Å²) in [6.07, 6.45) is 0.524. The fraction of sp³-hybridized carbons (Fsp3) is 0.160. The molecule has 0 saturated carbocycles. The van der Waals surface area contributed by atoms with Crippen LogP contribution in [-0.4, -0.2) is 11.2 Å². The molecule has 0 fully saturated rings. The van der Waals surface area contributed by atoms with Crippen LogP contribution in [0.1, 0.15) is 24.3 Å². The Hall–Kier alpha value is -3.71. The average Bonchev–Trinajstić information content (AvgIpc) is 3.16. The number of benzene rings is 2. The Kier molecular flexibility index (Phi) is 6.42. The van der Waals surface area contributed by atoms with Crippen molar-refractivity contribution < 1.29 is 23.0 Å². The lowest BCUT2D eigenvalue weighted by Crippen LogP contribution is -2.32. The number of rotatable bonds is 5. The number of anilines is 1. The van der Waals surface area contributed by atoms with Crippen LogP contribution in [0.25, 0.3) is 22.5 Å². The normalized spacial score (nSPS) is 11.8. The highest BCUT2D eigenvalue weighted by molar-refractivity contribution is 6.31. The molecule has 0 aliphatic heterocycles. The van der Waals surface area contributed by atoms with E-state index in [0.717, 1.165) is 16.7 Å². The lowest BCUT2D eigenvalue weighted by molar-refractivity contribution is -0.699. The van der Waals surface area contributed by atoms with Crippen molar-refractivity contribution >= 4 is 23.4 Å². The van der Waals surface area contributed by atoms with E-state index in [4.69, 9.17) is 20.9 Å². The minimum Gasteiger partial charge on any atom is -0.441 e. The fourth-order valence-corrected chi connectivity index (χ4v) is 3.74. The van der Waals surface area contributed by atoms with Crippen LogP contribution in [0, 0.1) is 12.9 Å². The van der Waals surface area contributed by atoms with Gasteiger partial charge in [-0.15, -0.1) is 4.39 Å². The Bertz CT molecular complexity index is 1300. The number of aryl methyl sites for hydroxylation is 2. The van der Waals surface area contributed by atoms with Crippen molar-refractivity contribution in [2.75, 3.05) is 5.32 Å². The number of amides is 1. The topological polar surface area (TPSA) is 68.2 Å². The predicted octanol–water partition coefficient (Wildman–Crippen LogP) is 6.24. The van der Waals surface area contributed by atoms with Gasteiger partial charge in [-0.2, -0.15) is 4.57 Å². The molecule has 4 aromatic rings. The number of pyridine rings is 1. The summed E-state index contributed by atoms with van der Waals surface area (Å²) in [7, 11) is 1.65. The number of carbonyl (C=O) groups excluding carboxylic acids is 1. The van der Waals surface area contributed by atoms with Gasteiger partial charge in [-0.25, -0.2) is 4.79 Å². The van der Waals surface area contributed by atoms with Crippen molar-refractivity contribution in [1.29, 1.82) is 0 Å². The first-order valence-corrected chi connectivity index (χ1v) is 10.7. The van der Waals surface area contributed by atoms with Gasteiger partial charge in [-0.3, -0.25) is 5.32 Å². The van der Waals surface area contributed by atoms with Crippen LogP contribution in [-0.2, 0) is 11.8 Å². The Morgan fingerprint density at radius 2 is 1.76 bits per heavy atom. The Morgan fingerprint density at radius 3 is 2.45 bits per heavy atom. The maximum Gasteiger partial charge on any atom is 0.412 e. The molecule has 1 amide bonds. The zero-order valence-electron chi connectivity index (χ0n) is 18.3. The molecule has 0 radical (unpaired) electrons. The van der Waals surface area contributed by atoms with Crippen LogP contribution in [0.2, 0.25) is 5.02 Å². The van der Waals surface area contributed by atoms with Gasteiger partial charge in [0, 0.05) is 27.8 Å². The summed E-state index contributed by atoms with van der Waals surface area (Å²) in [5.41, 5.74) is 4.15. The van der Waals surface area contributed by atoms with Gasteiger partial charge in [0.15, 0.2) is 12.0 Å². The molecule has 1 atom stereocenters. The van der Waals surface area contributed by atoms with Gasteiger partial charge >= 0.3 is 12.0 Å². The maximum absolute atomic E-state index is 13.5. The molecule has 1 unspecified atom stereocenters. The standard InChI is InChI=1S/C25H21ClFN3O3/c1-15-23(28-25(31)32-16(2)20-6-4-5-7-21(20)26)24(33-29-15)18-10-8-17(9-11-18)19-12-13-22(27)30(3)14-19/h4-14,16H,1-3H3/p+1. The molecule has 8 heteroatoms. The molecule has 2 heterocycles. The van der Waals surface area contributed by atoms with Gasteiger partial charge in [0.05, 0.1) is 0 Å². The third kappa shape index (κ3) is 4.88. The van der Waals surface area contributed by atoms with Crippen molar-refractivity contribution in [2.45, 2.75) is 20.0 Å². The number of hydrogen-bond donors (Lipinski definition) is 1. The molecule has 4 rings (SSSR count). The summed E-state index contributed by atoms with van der Waals surface area (Å²) in [6, 6.07) is 17.8. The van der Waals surface area contributed by atoms with Crippen molar-refractivity contribution in [1.82, 2.24) is 5.16 Å². The van der Waals surface area contributed by atoms with Crippen LogP contribution in [0.15, 0.2) is 71.4 Å². The van der Waals surface area contributed by atoms with Crippen molar-refractivity contribution in [3.05, 3.63) is 89.1 Å². The molecule has 168 valence electrons. The smallest absolute Gasteiger partial charge is 0.412 e. The number of aromatic nitrogens is 2. The van der Waals surface area contributed by atoms with Gasteiger partial charge in [0.1, 0.15) is 24.5 Å². The summed E-state index contributed by atoms with van der Waals surface area (Å²) in [4.78, 5) is 12.6. The molecule has 0 spiro atoms. The summed E-state index contributed by atoms with van der Waals surface area (Å²) in [5, 5.41) is 7.24. The summed E-state index contributed by atoms with van der Waals surface area (Å²) in [5.74, 6) is 0.0880. The Labute approximate surface area is 195 Å². The van der Waals surface area contributed by atoms with E-state index < -0.39 is 12.2 Å². The summed E-state index contributed by atoms with van der Waals surface area (Å²) in [6.45, 7) is 3.48. The SMILES string of the molecule is Cc1noc(-c2ccc(-c3ccc(F)[n+](C)c3)cc2)c1NC(=O)OC(C)c1ccccc1Cl. The number of hydrogen-bond acceptors (Lipinski definition) is 4. The van der Waals surface area contributed by atoms with Gasteiger partial charge in [-0.05, 0) is 31.5 Å².